The highest BCUT2D eigenvalue weighted by Crippen LogP contribution is 2.63. The van der Waals surface area contributed by atoms with Gasteiger partial charge in [0.15, 0.2) is 6.61 Å². The normalized spacial score (nSPS) is 34.4. The zero-order valence-corrected chi connectivity index (χ0v) is 15.8. The van der Waals surface area contributed by atoms with Gasteiger partial charge < -0.3 is 4.74 Å². The fourth-order valence-electron chi connectivity index (χ4n) is 5.57. The van der Waals surface area contributed by atoms with Crippen molar-refractivity contribution >= 4 is 23.4 Å². The van der Waals surface area contributed by atoms with Crippen molar-refractivity contribution in [1.29, 1.82) is 0 Å². The number of rotatable bonds is 4. The molecule has 26 heavy (non-hydrogen) atoms. The highest BCUT2D eigenvalue weighted by molar-refractivity contribution is 6.24. The van der Waals surface area contributed by atoms with Gasteiger partial charge in [-0.25, -0.2) is 0 Å². The summed E-state index contributed by atoms with van der Waals surface area (Å²) in [6, 6.07) is 7.51. The average molecular weight is 377 g/mol. The predicted molar refractivity (Wildman–Crippen MR) is 98.7 cm³/mol. The van der Waals surface area contributed by atoms with Crippen LogP contribution < -0.4 is 15.6 Å². The first-order chi connectivity index (χ1) is 12.4. The minimum Gasteiger partial charge on any atom is -0.483 e. The Morgan fingerprint density at radius 2 is 1.85 bits per heavy atom. The lowest BCUT2D eigenvalue weighted by Gasteiger charge is -2.59. The minimum atomic E-state index is -0.421. The van der Waals surface area contributed by atoms with Gasteiger partial charge in [0.25, 0.3) is 5.91 Å². The summed E-state index contributed by atoms with van der Waals surface area (Å²) >= 11 is 6.77. The molecular weight excluding hydrogens is 352 g/mol. The van der Waals surface area contributed by atoms with Crippen LogP contribution >= 0.6 is 11.6 Å². The first-order valence-electron chi connectivity index (χ1n) is 9.34. The van der Waals surface area contributed by atoms with Gasteiger partial charge in [0.2, 0.25) is 5.91 Å². The number of carbonyl (C=O) groups excluding carboxylic acids is 2. The molecule has 6 heteroatoms. The number of para-hydroxylation sites is 1. The molecule has 2 N–H and O–H groups in total. The maximum absolute atomic E-state index is 12.8. The summed E-state index contributed by atoms with van der Waals surface area (Å²) in [4.78, 5) is 24.7. The number of carbonyl (C=O) groups is 2. The van der Waals surface area contributed by atoms with Crippen molar-refractivity contribution in [3.05, 3.63) is 29.8 Å². The van der Waals surface area contributed by atoms with Crippen LogP contribution in [0.25, 0.3) is 0 Å². The third-order valence-corrected chi connectivity index (χ3v) is 6.68. The molecule has 0 saturated heterocycles. The molecule has 4 bridgehead atoms. The van der Waals surface area contributed by atoms with Gasteiger partial charge in [-0.15, -0.1) is 11.6 Å². The Labute approximate surface area is 158 Å². The van der Waals surface area contributed by atoms with E-state index >= 15 is 0 Å². The Morgan fingerprint density at radius 1 is 1.15 bits per heavy atom. The molecule has 0 heterocycles. The molecule has 2 amide bonds. The van der Waals surface area contributed by atoms with Crippen molar-refractivity contribution in [3.63, 3.8) is 0 Å². The van der Waals surface area contributed by atoms with Gasteiger partial charge in [-0.2, -0.15) is 0 Å². The second kappa shape index (κ2) is 6.45. The van der Waals surface area contributed by atoms with E-state index in [1.54, 1.807) is 0 Å². The van der Waals surface area contributed by atoms with Crippen LogP contribution in [0.1, 0.15) is 44.1 Å². The van der Waals surface area contributed by atoms with Crippen LogP contribution in [0.2, 0.25) is 0 Å². The van der Waals surface area contributed by atoms with E-state index in [1.807, 2.05) is 31.2 Å². The van der Waals surface area contributed by atoms with Gasteiger partial charge in [0.1, 0.15) is 5.75 Å². The molecule has 0 spiro atoms. The molecule has 140 valence electrons. The number of alkyl halides is 1. The molecule has 0 aromatic heterocycles. The molecule has 4 saturated carbocycles. The van der Waals surface area contributed by atoms with Crippen LogP contribution in [-0.4, -0.2) is 23.3 Å². The number of ether oxygens (including phenoxy) is 1. The first kappa shape index (κ1) is 17.7. The molecule has 4 fully saturated rings. The van der Waals surface area contributed by atoms with Crippen LogP contribution in [0, 0.1) is 24.2 Å². The lowest BCUT2D eigenvalue weighted by molar-refractivity contribution is -0.147. The summed E-state index contributed by atoms with van der Waals surface area (Å²) in [5.41, 5.74) is 5.68. The van der Waals surface area contributed by atoms with E-state index in [4.69, 9.17) is 16.3 Å². The van der Waals surface area contributed by atoms with Gasteiger partial charge in [0.05, 0.1) is 5.41 Å². The quantitative estimate of drug-likeness (QED) is 0.626. The summed E-state index contributed by atoms with van der Waals surface area (Å²) in [5.74, 6) is 1.28. The van der Waals surface area contributed by atoms with E-state index in [9.17, 15) is 9.59 Å². The zero-order valence-electron chi connectivity index (χ0n) is 15.0. The fourth-order valence-corrected chi connectivity index (χ4v) is 6.27. The average Bonchev–Trinajstić information content (AvgIpc) is 2.56. The summed E-state index contributed by atoms with van der Waals surface area (Å²) < 4.78 is 5.51. The van der Waals surface area contributed by atoms with E-state index in [-0.39, 0.29) is 23.3 Å². The first-order valence-corrected chi connectivity index (χ1v) is 9.72. The number of nitrogens with one attached hydrogen (secondary N) is 2. The van der Waals surface area contributed by atoms with E-state index < -0.39 is 5.41 Å². The maximum Gasteiger partial charge on any atom is 0.276 e. The largest absolute Gasteiger partial charge is 0.483 e. The molecular formula is C20H25ClN2O3. The van der Waals surface area contributed by atoms with Crippen molar-refractivity contribution in [2.75, 3.05) is 6.61 Å². The van der Waals surface area contributed by atoms with Crippen molar-refractivity contribution in [3.8, 4) is 5.75 Å². The minimum absolute atomic E-state index is 0.0964. The van der Waals surface area contributed by atoms with Crippen LogP contribution in [-0.2, 0) is 9.59 Å². The molecule has 4 aliphatic carbocycles. The van der Waals surface area contributed by atoms with Gasteiger partial charge >= 0.3 is 0 Å². The summed E-state index contributed by atoms with van der Waals surface area (Å²) in [6.45, 7) is 1.78. The smallest absolute Gasteiger partial charge is 0.276 e. The van der Waals surface area contributed by atoms with Crippen LogP contribution in [0.5, 0.6) is 5.75 Å². The Kier molecular flexibility index (Phi) is 4.38. The zero-order chi connectivity index (χ0) is 18.4. The second-order valence-electron chi connectivity index (χ2n) is 8.45. The molecule has 2 unspecified atom stereocenters. The Bertz CT molecular complexity index is 722. The molecule has 4 aliphatic rings. The van der Waals surface area contributed by atoms with E-state index in [0.717, 1.165) is 37.7 Å². The highest BCUT2D eigenvalue weighted by Gasteiger charge is 2.60. The van der Waals surface area contributed by atoms with Crippen LogP contribution in [0.3, 0.4) is 0 Å². The molecule has 4 atom stereocenters. The van der Waals surface area contributed by atoms with Gasteiger partial charge in [-0.1, -0.05) is 18.2 Å². The Morgan fingerprint density at radius 3 is 2.50 bits per heavy atom. The number of hydrogen-bond donors (Lipinski definition) is 2. The number of aryl methyl sites for hydroxylation is 1. The van der Waals surface area contributed by atoms with Crippen molar-refractivity contribution < 1.29 is 14.3 Å². The molecule has 5 rings (SSSR count). The topological polar surface area (TPSA) is 67.4 Å². The number of benzene rings is 1. The van der Waals surface area contributed by atoms with E-state index in [2.05, 4.69) is 10.9 Å². The predicted octanol–water partition coefficient (Wildman–Crippen LogP) is 3.10. The van der Waals surface area contributed by atoms with E-state index in [0.29, 0.717) is 17.6 Å². The third-order valence-electron chi connectivity index (χ3n) is 6.24. The van der Waals surface area contributed by atoms with Crippen LogP contribution in [0.15, 0.2) is 24.3 Å². The lowest BCUT2D eigenvalue weighted by atomic mass is 9.49. The molecule has 5 nitrogen and oxygen atoms in total. The van der Waals surface area contributed by atoms with Crippen LogP contribution in [0.4, 0.5) is 0 Å². The summed E-state index contributed by atoms with van der Waals surface area (Å²) in [6.07, 6.45) is 5.74. The second-order valence-corrected chi connectivity index (χ2v) is 9.25. The molecule has 1 aromatic rings. The number of halogens is 1. The summed E-state index contributed by atoms with van der Waals surface area (Å²) in [5, 5.41) is 0. The van der Waals surface area contributed by atoms with Gasteiger partial charge in [0, 0.05) is 4.87 Å². The third kappa shape index (κ3) is 3.29. The Hall–Kier alpha value is -1.75. The van der Waals surface area contributed by atoms with Gasteiger partial charge in [-0.05, 0) is 68.9 Å². The lowest BCUT2D eigenvalue weighted by Crippen LogP contribution is -2.60. The highest BCUT2D eigenvalue weighted by atomic mass is 35.5. The number of hydrogen-bond acceptors (Lipinski definition) is 3. The maximum atomic E-state index is 12.8. The standard InChI is InChI=1S/C20H25ClN2O3/c1-13-4-2-3-5-16(13)26-11-17(24)22-23-18(25)19-7-14-6-15(8-19)10-20(21,9-14)12-19/h2-5,14-15H,6-12H2,1H3,(H,22,24)(H,23,25)/t14-,15+,19?,20?. The number of hydrazine groups is 1. The molecule has 1 aromatic carbocycles. The number of amides is 2. The SMILES string of the molecule is Cc1ccccc1OCC(=O)NNC(=O)C12C[C@@H]3C[C@@H](CC(Cl)(C3)C1)C2. The monoisotopic (exact) mass is 376 g/mol. The summed E-state index contributed by atoms with van der Waals surface area (Å²) in [7, 11) is 0. The van der Waals surface area contributed by atoms with Gasteiger partial charge in [-0.3, -0.25) is 20.4 Å². The van der Waals surface area contributed by atoms with Crippen molar-refractivity contribution in [2.24, 2.45) is 17.3 Å². The molecule has 0 radical (unpaired) electrons. The fraction of sp³-hybridized carbons (Fsp3) is 0.600. The van der Waals surface area contributed by atoms with Crippen molar-refractivity contribution in [1.82, 2.24) is 10.9 Å². The van der Waals surface area contributed by atoms with E-state index in [1.165, 1.54) is 6.42 Å². The Balaban J connectivity index is 1.31. The molecule has 0 aliphatic heterocycles. The van der Waals surface area contributed by atoms with Crippen molar-refractivity contribution in [2.45, 2.75) is 50.3 Å².